The van der Waals surface area contributed by atoms with Gasteiger partial charge in [0.1, 0.15) is 5.69 Å². The van der Waals surface area contributed by atoms with Gasteiger partial charge in [0.25, 0.3) is 17.5 Å². The SMILES string of the molecule is CC1CCN(c2ccc(C(=O)Nc3ccc(NC(=O)c4ccccc4)c(Br)c3)cc2[N+](=O)[O-])CC1. The van der Waals surface area contributed by atoms with Crippen LogP contribution < -0.4 is 15.5 Å². The van der Waals surface area contributed by atoms with Crippen molar-refractivity contribution in [1.29, 1.82) is 0 Å². The second-order valence-corrected chi connectivity index (χ2v) is 9.45. The summed E-state index contributed by atoms with van der Waals surface area (Å²) in [6, 6.07) is 18.4. The quantitative estimate of drug-likeness (QED) is 0.292. The Hall–Kier alpha value is -3.72. The Labute approximate surface area is 211 Å². The van der Waals surface area contributed by atoms with E-state index in [-0.39, 0.29) is 17.2 Å². The summed E-state index contributed by atoms with van der Waals surface area (Å²) in [5, 5.41) is 17.3. The minimum atomic E-state index is -0.458. The molecule has 1 aliphatic heterocycles. The summed E-state index contributed by atoms with van der Waals surface area (Å²) in [6.45, 7) is 3.70. The zero-order chi connectivity index (χ0) is 24.9. The molecule has 1 aliphatic rings. The third-order valence-corrected chi connectivity index (χ3v) is 6.73. The average Bonchev–Trinajstić information content (AvgIpc) is 2.86. The number of anilines is 3. The summed E-state index contributed by atoms with van der Waals surface area (Å²) in [6.07, 6.45) is 1.96. The minimum absolute atomic E-state index is 0.0765. The monoisotopic (exact) mass is 536 g/mol. The Kier molecular flexibility index (Phi) is 7.45. The molecular weight excluding hydrogens is 512 g/mol. The molecule has 0 radical (unpaired) electrons. The van der Waals surface area contributed by atoms with Gasteiger partial charge in [0, 0.05) is 40.4 Å². The largest absolute Gasteiger partial charge is 0.366 e. The molecule has 3 aromatic carbocycles. The van der Waals surface area contributed by atoms with E-state index in [9.17, 15) is 19.7 Å². The van der Waals surface area contributed by atoms with E-state index in [0.29, 0.717) is 33.0 Å². The van der Waals surface area contributed by atoms with Crippen LogP contribution in [0.2, 0.25) is 0 Å². The number of benzene rings is 3. The van der Waals surface area contributed by atoms with Crippen LogP contribution in [0.1, 0.15) is 40.5 Å². The topological polar surface area (TPSA) is 105 Å². The summed E-state index contributed by atoms with van der Waals surface area (Å²) >= 11 is 3.42. The molecule has 2 amide bonds. The van der Waals surface area contributed by atoms with Crippen LogP contribution >= 0.6 is 15.9 Å². The van der Waals surface area contributed by atoms with Gasteiger partial charge in [-0.3, -0.25) is 19.7 Å². The van der Waals surface area contributed by atoms with Crippen molar-refractivity contribution in [2.75, 3.05) is 28.6 Å². The fraction of sp³-hybridized carbons (Fsp3) is 0.231. The molecule has 35 heavy (non-hydrogen) atoms. The zero-order valence-electron chi connectivity index (χ0n) is 19.2. The predicted molar refractivity (Wildman–Crippen MR) is 140 cm³/mol. The number of halogens is 1. The first-order valence-electron chi connectivity index (χ1n) is 11.3. The molecule has 0 spiro atoms. The maximum absolute atomic E-state index is 12.8. The lowest BCUT2D eigenvalue weighted by Gasteiger charge is -2.31. The number of hydrogen-bond acceptors (Lipinski definition) is 5. The molecule has 2 N–H and O–H groups in total. The number of amides is 2. The molecule has 1 saturated heterocycles. The summed E-state index contributed by atoms with van der Waals surface area (Å²) < 4.78 is 0.584. The lowest BCUT2D eigenvalue weighted by molar-refractivity contribution is -0.384. The fourth-order valence-electron chi connectivity index (χ4n) is 4.01. The molecule has 0 unspecified atom stereocenters. The molecule has 8 nitrogen and oxygen atoms in total. The van der Waals surface area contributed by atoms with E-state index in [1.165, 1.54) is 6.07 Å². The first-order valence-corrected chi connectivity index (χ1v) is 12.1. The smallest absolute Gasteiger partial charge is 0.293 e. The first kappa shape index (κ1) is 24.4. The Morgan fingerprint density at radius 3 is 2.29 bits per heavy atom. The number of carbonyl (C=O) groups excluding carboxylic acids is 2. The van der Waals surface area contributed by atoms with Gasteiger partial charge in [-0.2, -0.15) is 0 Å². The molecule has 0 atom stereocenters. The van der Waals surface area contributed by atoms with Crippen LogP contribution in [-0.2, 0) is 0 Å². The van der Waals surface area contributed by atoms with E-state index in [4.69, 9.17) is 0 Å². The molecule has 4 rings (SSSR count). The van der Waals surface area contributed by atoms with Crippen LogP contribution in [0.25, 0.3) is 0 Å². The lowest BCUT2D eigenvalue weighted by atomic mass is 9.98. The number of hydrogen-bond donors (Lipinski definition) is 2. The van der Waals surface area contributed by atoms with Crippen LogP contribution in [0.4, 0.5) is 22.7 Å². The number of piperidine rings is 1. The van der Waals surface area contributed by atoms with E-state index < -0.39 is 10.8 Å². The van der Waals surface area contributed by atoms with E-state index in [2.05, 4.69) is 33.5 Å². The Morgan fingerprint density at radius 1 is 0.943 bits per heavy atom. The fourth-order valence-corrected chi connectivity index (χ4v) is 4.49. The highest BCUT2D eigenvalue weighted by Gasteiger charge is 2.25. The van der Waals surface area contributed by atoms with Crippen LogP contribution in [0.15, 0.2) is 71.2 Å². The summed E-state index contributed by atoms with van der Waals surface area (Å²) in [4.78, 5) is 38.6. The van der Waals surface area contributed by atoms with Crippen molar-refractivity contribution in [3.8, 4) is 0 Å². The van der Waals surface area contributed by atoms with Crippen LogP contribution in [-0.4, -0.2) is 29.8 Å². The number of rotatable bonds is 6. The number of nitro groups is 1. The molecule has 0 aliphatic carbocycles. The van der Waals surface area contributed by atoms with E-state index in [0.717, 1.165) is 25.9 Å². The Morgan fingerprint density at radius 2 is 1.63 bits per heavy atom. The predicted octanol–water partition coefficient (Wildman–Crippen LogP) is 6.10. The van der Waals surface area contributed by atoms with E-state index >= 15 is 0 Å². The standard InChI is InChI=1S/C26H25BrN4O4/c1-17-11-13-30(14-12-17)23-10-7-19(15-24(23)31(34)35)26(33)28-20-8-9-22(21(27)16-20)29-25(32)18-5-3-2-4-6-18/h2-10,15-17H,11-14H2,1H3,(H,28,33)(H,29,32). The van der Waals surface area contributed by atoms with Gasteiger partial charge >= 0.3 is 0 Å². The second-order valence-electron chi connectivity index (χ2n) is 8.60. The number of nitrogens with zero attached hydrogens (tertiary/aromatic N) is 2. The van der Waals surface area contributed by atoms with Gasteiger partial charge in [-0.1, -0.05) is 25.1 Å². The lowest BCUT2D eigenvalue weighted by Crippen LogP contribution is -2.33. The van der Waals surface area contributed by atoms with Gasteiger partial charge < -0.3 is 15.5 Å². The highest BCUT2D eigenvalue weighted by molar-refractivity contribution is 9.10. The van der Waals surface area contributed by atoms with Crippen molar-refractivity contribution in [3.63, 3.8) is 0 Å². The maximum Gasteiger partial charge on any atom is 0.293 e. The van der Waals surface area contributed by atoms with Crippen molar-refractivity contribution in [1.82, 2.24) is 0 Å². The van der Waals surface area contributed by atoms with Crippen molar-refractivity contribution in [2.45, 2.75) is 19.8 Å². The molecule has 1 fully saturated rings. The van der Waals surface area contributed by atoms with E-state index in [1.54, 1.807) is 54.6 Å². The highest BCUT2D eigenvalue weighted by atomic mass is 79.9. The normalized spacial score (nSPS) is 13.8. The number of carbonyl (C=O) groups is 2. The summed E-state index contributed by atoms with van der Waals surface area (Å²) in [5.74, 6) is -0.105. The highest BCUT2D eigenvalue weighted by Crippen LogP contribution is 2.33. The summed E-state index contributed by atoms with van der Waals surface area (Å²) in [7, 11) is 0. The van der Waals surface area contributed by atoms with Crippen LogP contribution in [0.3, 0.4) is 0 Å². The molecule has 3 aromatic rings. The molecule has 1 heterocycles. The Balaban J connectivity index is 1.47. The summed E-state index contributed by atoms with van der Waals surface area (Å²) in [5.41, 5.74) is 2.22. The van der Waals surface area contributed by atoms with Gasteiger partial charge in [-0.25, -0.2) is 0 Å². The molecule has 0 saturated carbocycles. The Bertz CT molecular complexity index is 1260. The molecule has 0 aromatic heterocycles. The number of nitro benzene ring substituents is 1. The molecular formula is C26H25BrN4O4. The third-order valence-electron chi connectivity index (χ3n) is 6.07. The van der Waals surface area contributed by atoms with Crippen molar-refractivity contribution < 1.29 is 14.5 Å². The second kappa shape index (κ2) is 10.7. The molecule has 0 bridgehead atoms. The van der Waals surface area contributed by atoms with Gasteiger partial charge in [0.05, 0.1) is 10.6 Å². The van der Waals surface area contributed by atoms with Crippen molar-refractivity contribution in [2.24, 2.45) is 5.92 Å². The molecule has 180 valence electrons. The zero-order valence-corrected chi connectivity index (χ0v) is 20.7. The van der Waals surface area contributed by atoms with Crippen LogP contribution in [0, 0.1) is 16.0 Å². The number of nitrogens with one attached hydrogen (secondary N) is 2. The maximum atomic E-state index is 12.8. The third kappa shape index (κ3) is 5.86. The van der Waals surface area contributed by atoms with Gasteiger partial charge in [0.2, 0.25) is 0 Å². The average molecular weight is 537 g/mol. The minimum Gasteiger partial charge on any atom is -0.366 e. The first-order chi connectivity index (χ1) is 16.8. The van der Waals surface area contributed by atoms with Gasteiger partial charge in [0.15, 0.2) is 0 Å². The van der Waals surface area contributed by atoms with Crippen molar-refractivity contribution in [3.05, 3.63) is 92.4 Å². The van der Waals surface area contributed by atoms with Crippen molar-refractivity contribution >= 4 is 50.5 Å². The molecule has 9 heteroatoms. The van der Waals surface area contributed by atoms with Gasteiger partial charge in [-0.15, -0.1) is 0 Å². The van der Waals surface area contributed by atoms with Crippen LogP contribution in [0.5, 0.6) is 0 Å². The van der Waals surface area contributed by atoms with E-state index in [1.807, 2.05) is 11.0 Å². The van der Waals surface area contributed by atoms with Gasteiger partial charge in [-0.05, 0) is 77.2 Å².